The second-order valence-electron chi connectivity index (χ2n) is 6.59. The standard InChI is InChI=1S/C23H22N2O2/c26-20-9-5-19(6-10-20)14-16-27-21-11-7-18(8-12-21)13-15-25-17-24-22-3-1-2-4-23(22)25/h1-12,17,26H,13-16H2. The fourth-order valence-electron chi connectivity index (χ4n) is 3.14. The monoisotopic (exact) mass is 358 g/mol. The van der Waals surface area contributed by atoms with E-state index < -0.39 is 0 Å². The number of hydrogen-bond acceptors (Lipinski definition) is 3. The fraction of sp³-hybridized carbons (Fsp3) is 0.174. The third-order valence-corrected chi connectivity index (χ3v) is 4.69. The molecule has 0 spiro atoms. The lowest BCUT2D eigenvalue weighted by molar-refractivity contribution is 0.322. The maximum Gasteiger partial charge on any atom is 0.119 e. The number of hydrogen-bond donors (Lipinski definition) is 1. The van der Waals surface area contributed by atoms with Gasteiger partial charge in [-0.1, -0.05) is 36.4 Å². The number of ether oxygens (including phenoxy) is 1. The van der Waals surface area contributed by atoms with E-state index >= 15 is 0 Å². The average molecular weight is 358 g/mol. The molecular formula is C23H22N2O2. The lowest BCUT2D eigenvalue weighted by Gasteiger charge is -2.08. The van der Waals surface area contributed by atoms with Crippen LogP contribution in [-0.2, 0) is 19.4 Å². The highest BCUT2D eigenvalue weighted by Crippen LogP contribution is 2.16. The van der Waals surface area contributed by atoms with E-state index in [2.05, 4.69) is 27.8 Å². The van der Waals surface area contributed by atoms with Gasteiger partial charge in [0.05, 0.1) is 24.0 Å². The third kappa shape index (κ3) is 4.29. The normalized spacial score (nSPS) is 11.0. The second kappa shape index (κ2) is 7.96. The summed E-state index contributed by atoms with van der Waals surface area (Å²) in [7, 11) is 0. The lowest BCUT2D eigenvalue weighted by atomic mass is 10.1. The molecule has 0 aliphatic heterocycles. The summed E-state index contributed by atoms with van der Waals surface area (Å²) >= 11 is 0. The van der Waals surface area contributed by atoms with E-state index in [1.807, 2.05) is 48.8 Å². The van der Waals surface area contributed by atoms with Crippen LogP contribution in [0.1, 0.15) is 11.1 Å². The van der Waals surface area contributed by atoms with Gasteiger partial charge in [0.2, 0.25) is 0 Å². The Labute approximate surface area is 158 Å². The number of phenolic OH excluding ortho intramolecular Hbond substituents is 1. The zero-order chi connectivity index (χ0) is 18.5. The van der Waals surface area contributed by atoms with Crippen molar-refractivity contribution in [2.45, 2.75) is 19.4 Å². The summed E-state index contributed by atoms with van der Waals surface area (Å²) in [6, 6.07) is 23.7. The number of imidazole rings is 1. The van der Waals surface area contributed by atoms with E-state index in [4.69, 9.17) is 4.74 Å². The number of nitrogens with zero attached hydrogens (tertiary/aromatic N) is 2. The summed E-state index contributed by atoms with van der Waals surface area (Å²) in [6.45, 7) is 1.52. The van der Waals surface area contributed by atoms with E-state index in [-0.39, 0.29) is 0 Å². The first kappa shape index (κ1) is 17.2. The van der Waals surface area contributed by atoms with Gasteiger partial charge in [-0.3, -0.25) is 0 Å². The Hall–Kier alpha value is -3.27. The van der Waals surface area contributed by atoms with E-state index in [9.17, 15) is 5.11 Å². The van der Waals surface area contributed by atoms with Crippen molar-refractivity contribution < 1.29 is 9.84 Å². The molecule has 3 aromatic carbocycles. The van der Waals surface area contributed by atoms with Crippen molar-refractivity contribution in [3.8, 4) is 11.5 Å². The molecule has 0 saturated heterocycles. The maximum absolute atomic E-state index is 9.31. The van der Waals surface area contributed by atoms with Crippen molar-refractivity contribution in [2.24, 2.45) is 0 Å². The van der Waals surface area contributed by atoms with Crippen LogP contribution in [-0.4, -0.2) is 21.3 Å². The van der Waals surface area contributed by atoms with Gasteiger partial charge < -0.3 is 14.4 Å². The maximum atomic E-state index is 9.31. The molecule has 27 heavy (non-hydrogen) atoms. The Bertz CT molecular complexity index is 1000. The van der Waals surface area contributed by atoms with Crippen LogP contribution in [0.4, 0.5) is 0 Å². The van der Waals surface area contributed by atoms with Crippen molar-refractivity contribution in [1.29, 1.82) is 0 Å². The lowest BCUT2D eigenvalue weighted by Crippen LogP contribution is -2.02. The van der Waals surface area contributed by atoms with Crippen molar-refractivity contribution in [1.82, 2.24) is 9.55 Å². The summed E-state index contributed by atoms with van der Waals surface area (Å²) in [6.07, 6.45) is 3.68. The second-order valence-corrected chi connectivity index (χ2v) is 6.59. The van der Waals surface area contributed by atoms with E-state index in [1.54, 1.807) is 12.1 Å². The van der Waals surface area contributed by atoms with E-state index in [0.29, 0.717) is 12.4 Å². The molecule has 0 unspecified atom stereocenters. The minimum Gasteiger partial charge on any atom is -0.508 e. The molecule has 0 atom stereocenters. The third-order valence-electron chi connectivity index (χ3n) is 4.69. The van der Waals surface area contributed by atoms with Gasteiger partial charge in [-0.2, -0.15) is 0 Å². The van der Waals surface area contributed by atoms with Crippen molar-refractivity contribution >= 4 is 11.0 Å². The summed E-state index contributed by atoms with van der Waals surface area (Å²) in [5.74, 6) is 1.17. The zero-order valence-electron chi connectivity index (χ0n) is 15.1. The number of benzene rings is 3. The number of aromatic hydroxyl groups is 1. The predicted molar refractivity (Wildman–Crippen MR) is 107 cm³/mol. The molecule has 0 aliphatic carbocycles. The Balaban J connectivity index is 1.29. The molecule has 1 N–H and O–H groups in total. The number of phenols is 1. The molecule has 4 nitrogen and oxygen atoms in total. The molecule has 4 heteroatoms. The molecule has 0 bridgehead atoms. The summed E-state index contributed by atoms with van der Waals surface area (Å²) in [5, 5.41) is 9.31. The zero-order valence-corrected chi connectivity index (χ0v) is 15.1. The van der Waals surface area contributed by atoms with Crippen molar-refractivity contribution in [3.63, 3.8) is 0 Å². The number of aryl methyl sites for hydroxylation is 2. The Kier molecular flexibility index (Phi) is 5.06. The van der Waals surface area contributed by atoms with Crippen molar-refractivity contribution in [3.05, 3.63) is 90.3 Å². The molecule has 0 fully saturated rings. The van der Waals surface area contributed by atoms with Crippen LogP contribution in [0, 0.1) is 0 Å². The molecule has 1 heterocycles. The van der Waals surface area contributed by atoms with Crippen LogP contribution in [0.2, 0.25) is 0 Å². The first-order valence-corrected chi connectivity index (χ1v) is 9.17. The van der Waals surface area contributed by atoms with Gasteiger partial charge in [0.15, 0.2) is 0 Å². The Morgan fingerprint density at radius 3 is 2.33 bits per heavy atom. The summed E-state index contributed by atoms with van der Waals surface area (Å²) in [4.78, 5) is 4.44. The SMILES string of the molecule is Oc1ccc(CCOc2ccc(CCn3cnc4ccccc43)cc2)cc1. The molecule has 0 saturated carbocycles. The molecule has 1 aromatic heterocycles. The number of rotatable bonds is 7. The highest BCUT2D eigenvalue weighted by Gasteiger charge is 2.02. The fourth-order valence-corrected chi connectivity index (χ4v) is 3.14. The molecular weight excluding hydrogens is 336 g/mol. The Morgan fingerprint density at radius 1 is 0.815 bits per heavy atom. The molecule has 0 radical (unpaired) electrons. The summed E-state index contributed by atoms with van der Waals surface area (Å²) in [5.41, 5.74) is 4.64. The van der Waals surface area contributed by atoms with Crippen LogP contribution < -0.4 is 4.74 Å². The highest BCUT2D eigenvalue weighted by atomic mass is 16.5. The number of para-hydroxylation sites is 2. The molecule has 0 aliphatic rings. The van der Waals surface area contributed by atoms with Gasteiger partial charge in [0, 0.05) is 13.0 Å². The van der Waals surface area contributed by atoms with Gasteiger partial charge in [0.1, 0.15) is 11.5 Å². The van der Waals surface area contributed by atoms with Gasteiger partial charge >= 0.3 is 0 Å². The smallest absolute Gasteiger partial charge is 0.119 e. The minimum absolute atomic E-state index is 0.291. The quantitative estimate of drug-likeness (QED) is 0.525. The first-order valence-electron chi connectivity index (χ1n) is 9.17. The average Bonchev–Trinajstić information content (AvgIpc) is 3.12. The minimum atomic E-state index is 0.291. The van der Waals surface area contributed by atoms with E-state index in [1.165, 1.54) is 11.1 Å². The largest absolute Gasteiger partial charge is 0.508 e. The van der Waals surface area contributed by atoms with E-state index in [0.717, 1.165) is 36.2 Å². The van der Waals surface area contributed by atoms with Gasteiger partial charge in [-0.15, -0.1) is 0 Å². The first-order chi connectivity index (χ1) is 13.3. The van der Waals surface area contributed by atoms with Crippen LogP contribution >= 0.6 is 0 Å². The Morgan fingerprint density at radius 2 is 1.52 bits per heavy atom. The van der Waals surface area contributed by atoms with Crippen LogP contribution in [0.15, 0.2) is 79.1 Å². The van der Waals surface area contributed by atoms with Crippen molar-refractivity contribution in [2.75, 3.05) is 6.61 Å². The van der Waals surface area contributed by atoms with Crippen LogP contribution in [0.25, 0.3) is 11.0 Å². The number of fused-ring (bicyclic) bond motifs is 1. The summed E-state index contributed by atoms with van der Waals surface area (Å²) < 4.78 is 8.02. The van der Waals surface area contributed by atoms with Crippen LogP contribution in [0.5, 0.6) is 11.5 Å². The molecule has 4 rings (SSSR count). The van der Waals surface area contributed by atoms with Gasteiger partial charge in [-0.25, -0.2) is 4.98 Å². The molecule has 0 amide bonds. The van der Waals surface area contributed by atoms with Crippen LogP contribution in [0.3, 0.4) is 0 Å². The number of aromatic nitrogens is 2. The predicted octanol–water partition coefficient (Wildman–Crippen LogP) is 4.61. The topological polar surface area (TPSA) is 47.3 Å². The van der Waals surface area contributed by atoms with Gasteiger partial charge in [-0.05, 0) is 53.9 Å². The molecule has 4 aromatic rings. The highest BCUT2D eigenvalue weighted by molar-refractivity contribution is 5.74. The molecule has 136 valence electrons. The van der Waals surface area contributed by atoms with Gasteiger partial charge in [0.25, 0.3) is 0 Å².